The van der Waals surface area contributed by atoms with Crippen molar-refractivity contribution < 1.29 is 14.3 Å². The molecule has 0 aliphatic rings. The van der Waals surface area contributed by atoms with Crippen molar-refractivity contribution >= 4 is 12.0 Å². The molecule has 0 fully saturated rings. The molecule has 13 heavy (non-hydrogen) atoms. The standard InChI is InChI=1S/C9H15NO3/c1-7(10-6-11)5-8(12)13-9(2,3)4/h7H,5H2,1-4H3. The van der Waals surface area contributed by atoms with Crippen molar-refractivity contribution in [2.24, 2.45) is 4.99 Å². The Labute approximate surface area is 78.0 Å². The van der Waals surface area contributed by atoms with Gasteiger partial charge in [-0.2, -0.15) is 0 Å². The summed E-state index contributed by atoms with van der Waals surface area (Å²) in [6.45, 7) is 7.03. The van der Waals surface area contributed by atoms with E-state index in [9.17, 15) is 9.59 Å². The smallest absolute Gasteiger partial charge is 0.308 e. The minimum Gasteiger partial charge on any atom is -0.460 e. The quantitative estimate of drug-likeness (QED) is 0.380. The van der Waals surface area contributed by atoms with E-state index < -0.39 is 5.60 Å². The van der Waals surface area contributed by atoms with Gasteiger partial charge in [0.2, 0.25) is 6.08 Å². The van der Waals surface area contributed by atoms with Gasteiger partial charge in [-0.25, -0.2) is 9.79 Å². The Morgan fingerprint density at radius 3 is 2.46 bits per heavy atom. The summed E-state index contributed by atoms with van der Waals surface area (Å²) in [6, 6.07) is -0.354. The van der Waals surface area contributed by atoms with Gasteiger partial charge in [0.15, 0.2) is 0 Å². The second-order valence-electron chi connectivity index (χ2n) is 3.86. The molecule has 0 amide bonds. The molecule has 0 aromatic rings. The lowest BCUT2D eigenvalue weighted by Gasteiger charge is -2.19. The molecule has 0 bridgehead atoms. The van der Waals surface area contributed by atoms with E-state index in [4.69, 9.17) is 4.74 Å². The van der Waals surface area contributed by atoms with E-state index in [1.165, 1.54) is 6.08 Å². The van der Waals surface area contributed by atoms with Crippen LogP contribution in [0.1, 0.15) is 34.1 Å². The van der Waals surface area contributed by atoms with Crippen LogP contribution in [0.2, 0.25) is 0 Å². The van der Waals surface area contributed by atoms with E-state index in [1.807, 2.05) is 0 Å². The molecule has 0 aromatic heterocycles. The number of nitrogens with zero attached hydrogens (tertiary/aromatic N) is 1. The maximum absolute atomic E-state index is 11.1. The molecule has 1 unspecified atom stereocenters. The van der Waals surface area contributed by atoms with E-state index in [-0.39, 0.29) is 18.4 Å². The van der Waals surface area contributed by atoms with Gasteiger partial charge in [-0.1, -0.05) is 0 Å². The zero-order chi connectivity index (χ0) is 10.5. The van der Waals surface area contributed by atoms with Gasteiger partial charge in [-0.3, -0.25) is 4.79 Å². The van der Waals surface area contributed by atoms with Gasteiger partial charge >= 0.3 is 5.97 Å². The summed E-state index contributed by atoms with van der Waals surface area (Å²) in [5.74, 6) is -0.348. The van der Waals surface area contributed by atoms with Crippen LogP contribution >= 0.6 is 0 Å². The Morgan fingerprint density at radius 1 is 1.54 bits per heavy atom. The number of carbonyl (C=O) groups excluding carboxylic acids is 2. The Balaban J connectivity index is 3.95. The van der Waals surface area contributed by atoms with E-state index in [2.05, 4.69) is 4.99 Å². The summed E-state index contributed by atoms with van der Waals surface area (Å²) in [5, 5.41) is 0. The molecule has 0 radical (unpaired) electrons. The molecule has 0 aromatic carbocycles. The molecule has 0 saturated carbocycles. The fraction of sp³-hybridized carbons (Fsp3) is 0.778. The number of rotatable bonds is 3. The van der Waals surface area contributed by atoms with Crippen LogP contribution < -0.4 is 0 Å². The van der Waals surface area contributed by atoms with Crippen LogP contribution in [-0.4, -0.2) is 23.7 Å². The maximum atomic E-state index is 11.1. The molecule has 4 heteroatoms. The Morgan fingerprint density at radius 2 is 2.08 bits per heavy atom. The fourth-order valence-corrected chi connectivity index (χ4v) is 0.760. The zero-order valence-corrected chi connectivity index (χ0v) is 8.46. The molecule has 0 heterocycles. The molecule has 4 nitrogen and oxygen atoms in total. The highest BCUT2D eigenvalue weighted by atomic mass is 16.6. The third-order valence-corrected chi connectivity index (χ3v) is 1.16. The van der Waals surface area contributed by atoms with Gasteiger partial charge in [0.05, 0.1) is 12.5 Å². The second kappa shape index (κ2) is 4.77. The number of hydrogen-bond acceptors (Lipinski definition) is 4. The van der Waals surface area contributed by atoms with E-state index in [0.29, 0.717) is 0 Å². The predicted molar refractivity (Wildman–Crippen MR) is 48.0 cm³/mol. The van der Waals surface area contributed by atoms with Crippen molar-refractivity contribution in [3.05, 3.63) is 0 Å². The fourth-order valence-electron chi connectivity index (χ4n) is 0.760. The first-order valence-corrected chi connectivity index (χ1v) is 4.14. The topological polar surface area (TPSA) is 55.7 Å². The maximum Gasteiger partial charge on any atom is 0.308 e. The highest BCUT2D eigenvalue weighted by Gasteiger charge is 2.17. The van der Waals surface area contributed by atoms with Crippen LogP contribution in [0, 0.1) is 0 Å². The summed E-state index contributed by atoms with van der Waals surface area (Å²) in [5.41, 5.74) is -0.484. The molecule has 0 saturated heterocycles. The average Bonchev–Trinajstić information content (AvgIpc) is 1.81. The van der Waals surface area contributed by atoms with E-state index in [0.717, 1.165) is 0 Å². The molecule has 0 aliphatic carbocycles. The van der Waals surface area contributed by atoms with Crippen molar-refractivity contribution in [3.63, 3.8) is 0 Å². The Bertz CT molecular complexity index is 224. The number of isocyanates is 1. The highest BCUT2D eigenvalue weighted by Crippen LogP contribution is 2.09. The lowest BCUT2D eigenvalue weighted by atomic mass is 10.2. The molecule has 0 rings (SSSR count). The molecular weight excluding hydrogens is 170 g/mol. The van der Waals surface area contributed by atoms with Gasteiger partial charge in [0.1, 0.15) is 5.60 Å². The Kier molecular flexibility index (Phi) is 4.35. The molecule has 1 atom stereocenters. The van der Waals surface area contributed by atoms with Crippen molar-refractivity contribution in [1.82, 2.24) is 0 Å². The minimum absolute atomic E-state index is 0.118. The molecule has 0 N–H and O–H groups in total. The lowest BCUT2D eigenvalue weighted by molar-refractivity contribution is -0.155. The number of hydrogen-bond donors (Lipinski definition) is 0. The summed E-state index contributed by atoms with van der Waals surface area (Å²) in [4.78, 5) is 24.4. The molecule has 0 spiro atoms. The van der Waals surface area contributed by atoms with Gasteiger partial charge in [0, 0.05) is 0 Å². The van der Waals surface area contributed by atoms with Crippen LogP contribution in [0.3, 0.4) is 0 Å². The third kappa shape index (κ3) is 7.22. The zero-order valence-electron chi connectivity index (χ0n) is 8.46. The normalized spacial score (nSPS) is 12.9. The summed E-state index contributed by atoms with van der Waals surface area (Å²) < 4.78 is 5.03. The molecule has 74 valence electrons. The number of ether oxygens (including phenoxy) is 1. The first-order valence-electron chi connectivity index (χ1n) is 4.14. The van der Waals surface area contributed by atoms with Crippen molar-refractivity contribution in [2.75, 3.05) is 0 Å². The first-order chi connectivity index (χ1) is 5.85. The SMILES string of the molecule is CC(CC(=O)OC(C)(C)C)N=C=O. The van der Waals surface area contributed by atoms with Crippen LogP contribution in [0.5, 0.6) is 0 Å². The monoisotopic (exact) mass is 185 g/mol. The predicted octanol–water partition coefficient (Wildman–Crippen LogP) is 1.44. The average molecular weight is 185 g/mol. The summed E-state index contributed by atoms with van der Waals surface area (Å²) in [7, 11) is 0. The van der Waals surface area contributed by atoms with Crippen molar-refractivity contribution in [1.29, 1.82) is 0 Å². The lowest BCUT2D eigenvalue weighted by Crippen LogP contribution is -2.25. The molecule has 0 aliphatic heterocycles. The molecular formula is C9H15NO3. The van der Waals surface area contributed by atoms with Crippen LogP contribution in [-0.2, 0) is 14.3 Å². The van der Waals surface area contributed by atoms with Gasteiger partial charge in [-0.05, 0) is 27.7 Å². The second-order valence-corrected chi connectivity index (χ2v) is 3.86. The van der Waals surface area contributed by atoms with Crippen molar-refractivity contribution in [2.45, 2.75) is 45.8 Å². The summed E-state index contributed by atoms with van der Waals surface area (Å²) >= 11 is 0. The first kappa shape index (κ1) is 11.8. The minimum atomic E-state index is -0.484. The van der Waals surface area contributed by atoms with Gasteiger partial charge in [-0.15, -0.1) is 0 Å². The van der Waals surface area contributed by atoms with E-state index in [1.54, 1.807) is 27.7 Å². The number of esters is 1. The van der Waals surface area contributed by atoms with Crippen LogP contribution in [0.4, 0.5) is 0 Å². The number of aliphatic imine (C=N–C) groups is 1. The van der Waals surface area contributed by atoms with Gasteiger partial charge in [0.25, 0.3) is 0 Å². The third-order valence-electron chi connectivity index (χ3n) is 1.16. The summed E-state index contributed by atoms with van der Waals surface area (Å²) in [6.07, 6.45) is 1.52. The van der Waals surface area contributed by atoms with Crippen LogP contribution in [0.25, 0.3) is 0 Å². The van der Waals surface area contributed by atoms with Gasteiger partial charge < -0.3 is 4.74 Å². The van der Waals surface area contributed by atoms with Crippen molar-refractivity contribution in [3.8, 4) is 0 Å². The highest BCUT2D eigenvalue weighted by molar-refractivity contribution is 5.70. The Hall–Kier alpha value is -1.15. The van der Waals surface area contributed by atoms with Crippen LogP contribution in [0.15, 0.2) is 4.99 Å². The number of carbonyl (C=O) groups is 1. The largest absolute Gasteiger partial charge is 0.460 e. The van der Waals surface area contributed by atoms with E-state index >= 15 is 0 Å².